The number of amides is 2. The van der Waals surface area contributed by atoms with Gasteiger partial charge in [-0.3, -0.25) is 24.9 Å². The van der Waals surface area contributed by atoms with Crippen LogP contribution in [0.3, 0.4) is 0 Å². The fourth-order valence-corrected chi connectivity index (χ4v) is 5.12. The predicted octanol–water partition coefficient (Wildman–Crippen LogP) is 3.10. The molecule has 0 bridgehead atoms. The van der Waals surface area contributed by atoms with Crippen LogP contribution in [0.25, 0.3) is 17.3 Å². The molecule has 0 saturated carbocycles. The Hall–Kier alpha value is -4.23. The van der Waals surface area contributed by atoms with E-state index in [-0.39, 0.29) is 16.8 Å². The molecule has 2 aliphatic heterocycles. The molecule has 11 nitrogen and oxygen atoms in total. The molecule has 2 aliphatic rings. The van der Waals surface area contributed by atoms with Gasteiger partial charge in [-0.05, 0) is 66.9 Å². The van der Waals surface area contributed by atoms with Gasteiger partial charge in [-0.15, -0.1) is 0 Å². The molecule has 13 heteroatoms. The van der Waals surface area contributed by atoms with Gasteiger partial charge in [-0.25, -0.2) is 19.2 Å². The Kier molecular flexibility index (Phi) is 7.89. The summed E-state index contributed by atoms with van der Waals surface area (Å²) in [5.74, 6) is -1.25. The Labute approximate surface area is 227 Å². The molecule has 2 amide bonds. The second kappa shape index (κ2) is 11.7. The van der Waals surface area contributed by atoms with E-state index < -0.39 is 22.9 Å². The number of aromatic nitrogens is 4. The molecule has 0 atom stereocenters. The quantitative estimate of drug-likeness (QED) is 0.356. The van der Waals surface area contributed by atoms with Crippen molar-refractivity contribution in [1.82, 2.24) is 30.6 Å². The van der Waals surface area contributed by atoms with E-state index in [0.29, 0.717) is 34.6 Å². The number of imide groups is 1. The minimum absolute atomic E-state index is 0.0654. The van der Waals surface area contributed by atoms with Gasteiger partial charge in [0.15, 0.2) is 5.82 Å². The van der Waals surface area contributed by atoms with E-state index in [1.54, 1.807) is 24.5 Å². The molecule has 2 saturated heterocycles. The van der Waals surface area contributed by atoms with Crippen molar-refractivity contribution >= 4 is 40.9 Å². The molecule has 3 aromatic rings. The number of thioether (sulfide) groups is 1. The Morgan fingerprint density at radius 2 is 2.03 bits per heavy atom. The minimum Gasteiger partial charge on any atom is -0.478 e. The molecule has 0 unspecified atom stereocenters. The highest BCUT2D eigenvalue weighted by Gasteiger charge is 2.26. The number of carbonyl (C=O) groups is 3. The number of halogens is 1. The molecule has 0 aliphatic carbocycles. The molecular weight excluding hydrogens is 525 g/mol. The summed E-state index contributed by atoms with van der Waals surface area (Å²) < 4.78 is 14.1. The van der Waals surface area contributed by atoms with Crippen LogP contribution in [0.15, 0.2) is 47.9 Å². The third kappa shape index (κ3) is 6.26. The fraction of sp³-hybridized carbons (Fsp3) is 0.269. The van der Waals surface area contributed by atoms with Crippen molar-refractivity contribution in [3.05, 3.63) is 70.5 Å². The van der Waals surface area contributed by atoms with Gasteiger partial charge in [0, 0.05) is 43.8 Å². The zero-order valence-corrected chi connectivity index (χ0v) is 21.4. The van der Waals surface area contributed by atoms with Crippen LogP contribution in [0, 0.1) is 11.7 Å². The topological polar surface area (TPSA) is 150 Å². The molecule has 39 heavy (non-hydrogen) atoms. The summed E-state index contributed by atoms with van der Waals surface area (Å²) in [6, 6.07) is 4.61. The standard InChI is InChI=1S/C26H24FN7O4S/c27-20-14-28-5-2-18(20)22-19(24(36)37)9-16(13-31-22)12-29-11-15-3-7-34(8-4-15)25-30-6-1-17(32-25)10-21-23(35)33-26(38)39-21/h1-2,5-6,9-10,13-15,29H,3-4,7-8,11-12H2,(H,36,37)(H,33,35,38)/b21-10+. The number of hydrogen-bond acceptors (Lipinski definition) is 10. The molecule has 3 N–H and O–H groups in total. The average Bonchev–Trinajstić information content (AvgIpc) is 3.25. The van der Waals surface area contributed by atoms with Gasteiger partial charge in [0.2, 0.25) is 5.95 Å². The molecule has 5 heterocycles. The number of aromatic carboxylic acids is 1. The number of pyridine rings is 2. The van der Waals surface area contributed by atoms with Crippen LogP contribution in [0.5, 0.6) is 0 Å². The lowest BCUT2D eigenvalue weighted by Gasteiger charge is -2.32. The number of carboxylic acids is 1. The molecule has 0 aromatic carbocycles. The molecule has 200 valence electrons. The van der Waals surface area contributed by atoms with Crippen LogP contribution < -0.4 is 15.5 Å². The number of hydrogen-bond donors (Lipinski definition) is 3. The third-order valence-corrected chi connectivity index (χ3v) is 7.26. The first-order valence-corrected chi connectivity index (χ1v) is 13.0. The Morgan fingerprint density at radius 1 is 1.21 bits per heavy atom. The lowest BCUT2D eigenvalue weighted by Crippen LogP contribution is -2.38. The van der Waals surface area contributed by atoms with Crippen molar-refractivity contribution in [3.8, 4) is 11.3 Å². The molecule has 3 aromatic heterocycles. The smallest absolute Gasteiger partial charge is 0.337 e. The first-order chi connectivity index (χ1) is 18.9. The monoisotopic (exact) mass is 549 g/mol. The van der Waals surface area contributed by atoms with E-state index in [4.69, 9.17) is 0 Å². The van der Waals surface area contributed by atoms with Crippen molar-refractivity contribution < 1.29 is 23.9 Å². The number of nitrogens with zero attached hydrogens (tertiary/aromatic N) is 5. The van der Waals surface area contributed by atoms with Crippen LogP contribution in [-0.4, -0.2) is 61.8 Å². The van der Waals surface area contributed by atoms with E-state index in [2.05, 4.69) is 35.5 Å². The summed E-state index contributed by atoms with van der Waals surface area (Å²) in [4.78, 5) is 54.2. The first-order valence-electron chi connectivity index (χ1n) is 12.2. The van der Waals surface area contributed by atoms with Crippen LogP contribution >= 0.6 is 11.8 Å². The maximum absolute atomic E-state index is 14.1. The summed E-state index contributed by atoms with van der Waals surface area (Å²) in [7, 11) is 0. The van der Waals surface area contributed by atoms with E-state index in [1.807, 2.05) is 0 Å². The maximum atomic E-state index is 14.1. The average molecular weight is 550 g/mol. The summed E-state index contributed by atoms with van der Waals surface area (Å²) >= 11 is 0.849. The highest BCUT2D eigenvalue weighted by Crippen LogP contribution is 2.27. The largest absolute Gasteiger partial charge is 0.478 e. The summed E-state index contributed by atoms with van der Waals surface area (Å²) in [5.41, 5.74) is 1.35. The van der Waals surface area contributed by atoms with E-state index in [1.165, 1.54) is 18.3 Å². The minimum atomic E-state index is -1.18. The zero-order chi connectivity index (χ0) is 27.4. The highest BCUT2D eigenvalue weighted by atomic mass is 32.2. The molecule has 2 fully saturated rings. The van der Waals surface area contributed by atoms with E-state index in [0.717, 1.165) is 50.4 Å². The number of piperidine rings is 1. The van der Waals surface area contributed by atoms with Crippen molar-refractivity contribution in [2.24, 2.45) is 5.92 Å². The maximum Gasteiger partial charge on any atom is 0.337 e. The Balaban J connectivity index is 1.14. The number of rotatable bonds is 8. The van der Waals surface area contributed by atoms with Gasteiger partial charge in [0.05, 0.1) is 28.1 Å². The van der Waals surface area contributed by atoms with Crippen LogP contribution in [0.2, 0.25) is 0 Å². The van der Waals surface area contributed by atoms with Crippen molar-refractivity contribution in [2.45, 2.75) is 19.4 Å². The molecule has 5 rings (SSSR count). The van der Waals surface area contributed by atoms with Gasteiger partial charge >= 0.3 is 5.97 Å². The van der Waals surface area contributed by atoms with Crippen LogP contribution in [0.4, 0.5) is 15.1 Å². The lowest BCUT2D eigenvalue weighted by atomic mass is 9.97. The second-order valence-corrected chi connectivity index (χ2v) is 10.1. The van der Waals surface area contributed by atoms with Gasteiger partial charge in [0.1, 0.15) is 0 Å². The summed E-state index contributed by atoms with van der Waals surface area (Å²) in [5, 5.41) is 14.9. The number of nitrogens with one attached hydrogen (secondary N) is 2. The Bertz CT molecular complexity index is 1460. The molecule has 0 radical (unpaired) electrons. The van der Waals surface area contributed by atoms with Gasteiger partial charge < -0.3 is 15.3 Å². The number of carbonyl (C=O) groups excluding carboxylic acids is 2. The second-order valence-electron chi connectivity index (χ2n) is 9.10. The van der Waals surface area contributed by atoms with Gasteiger partial charge in [0.25, 0.3) is 11.1 Å². The van der Waals surface area contributed by atoms with Crippen LogP contribution in [-0.2, 0) is 11.3 Å². The van der Waals surface area contributed by atoms with Crippen molar-refractivity contribution in [1.29, 1.82) is 0 Å². The normalized spacial score (nSPS) is 17.1. The van der Waals surface area contributed by atoms with Crippen molar-refractivity contribution in [3.63, 3.8) is 0 Å². The molecule has 0 spiro atoms. The highest BCUT2D eigenvalue weighted by molar-refractivity contribution is 8.18. The SMILES string of the molecule is O=C1NC(=O)/C(=C\c2ccnc(N3CCC(CNCc4cnc(-c5ccncc5F)c(C(=O)O)c4)CC3)n2)S1. The predicted molar refractivity (Wildman–Crippen MR) is 142 cm³/mol. The fourth-order valence-electron chi connectivity index (χ4n) is 4.46. The van der Waals surface area contributed by atoms with Gasteiger partial charge in [-0.1, -0.05) is 0 Å². The first kappa shape index (κ1) is 26.4. The lowest BCUT2D eigenvalue weighted by molar-refractivity contribution is -0.115. The van der Waals surface area contributed by atoms with E-state index in [9.17, 15) is 23.9 Å². The third-order valence-electron chi connectivity index (χ3n) is 6.45. The van der Waals surface area contributed by atoms with Gasteiger partial charge in [-0.2, -0.15) is 0 Å². The number of carboxylic acid groups (broad SMARTS) is 1. The Morgan fingerprint density at radius 3 is 2.74 bits per heavy atom. The zero-order valence-electron chi connectivity index (χ0n) is 20.6. The van der Waals surface area contributed by atoms with Crippen LogP contribution in [0.1, 0.15) is 34.5 Å². The number of anilines is 1. The summed E-state index contributed by atoms with van der Waals surface area (Å²) in [6.07, 6.45) is 9.02. The van der Waals surface area contributed by atoms with E-state index >= 15 is 0 Å². The summed E-state index contributed by atoms with van der Waals surface area (Å²) in [6.45, 7) is 2.69. The van der Waals surface area contributed by atoms with Crippen molar-refractivity contribution in [2.75, 3.05) is 24.5 Å². The molecular formula is C26H24FN7O4S.